The zero-order chi connectivity index (χ0) is 15.2. The molecule has 0 saturated carbocycles. The van der Waals surface area contributed by atoms with Crippen LogP contribution < -0.4 is 0 Å². The Labute approximate surface area is 117 Å². The molecule has 0 spiro atoms. The van der Waals surface area contributed by atoms with Crippen LogP contribution in [-0.2, 0) is 9.59 Å². The van der Waals surface area contributed by atoms with E-state index in [0.29, 0.717) is 6.42 Å². The van der Waals surface area contributed by atoms with Crippen molar-refractivity contribution in [2.24, 2.45) is 16.7 Å². The first-order valence-electron chi connectivity index (χ1n) is 7.13. The average molecular weight is 267 g/mol. The van der Waals surface area contributed by atoms with E-state index in [-0.39, 0.29) is 28.6 Å². The molecule has 0 bridgehead atoms. The van der Waals surface area contributed by atoms with Crippen molar-refractivity contribution >= 4 is 11.8 Å². The summed E-state index contributed by atoms with van der Waals surface area (Å²) in [6, 6.07) is 0. The highest BCUT2D eigenvalue weighted by atomic mass is 16.2. The fraction of sp³-hybridized carbons (Fsp3) is 0.875. The van der Waals surface area contributed by atoms with E-state index in [2.05, 4.69) is 20.8 Å². The van der Waals surface area contributed by atoms with Gasteiger partial charge in [-0.15, -0.1) is 0 Å². The van der Waals surface area contributed by atoms with Crippen molar-refractivity contribution < 1.29 is 9.59 Å². The predicted molar refractivity (Wildman–Crippen MR) is 77.6 cm³/mol. The van der Waals surface area contributed by atoms with Crippen LogP contribution in [0.2, 0.25) is 0 Å². The van der Waals surface area contributed by atoms with Gasteiger partial charge in [0, 0.05) is 12.0 Å². The first-order chi connectivity index (χ1) is 8.26. The second-order valence-electron chi connectivity index (χ2n) is 8.74. The van der Waals surface area contributed by atoms with Gasteiger partial charge in [-0.1, -0.05) is 41.5 Å². The molecule has 1 unspecified atom stereocenters. The van der Waals surface area contributed by atoms with Gasteiger partial charge < -0.3 is 0 Å². The van der Waals surface area contributed by atoms with Crippen LogP contribution in [0.3, 0.4) is 0 Å². The fourth-order valence-corrected chi connectivity index (χ4v) is 3.32. The first-order valence-corrected chi connectivity index (χ1v) is 7.13. The summed E-state index contributed by atoms with van der Waals surface area (Å²) in [7, 11) is 0. The Morgan fingerprint density at radius 1 is 1.00 bits per heavy atom. The molecule has 3 nitrogen and oxygen atoms in total. The van der Waals surface area contributed by atoms with Gasteiger partial charge >= 0.3 is 0 Å². The molecule has 1 aliphatic rings. The number of carbonyl (C=O) groups is 2. The van der Waals surface area contributed by atoms with E-state index in [1.54, 1.807) is 0 Å². The molecule has 1 rings (SSSR count). The summed E-state index contributed by atoms with van der Waals surface area (Å²) >= 11 is 0. The first kappa shape index (κ1) is 16.2. The number of likely N-dealkylation sites (tertiary alicyclic amines) is 1. The lowest BCUT2D eigenvalue weighted by atomic mass is 9.79. The summed E-state index contributed by atoms with van der Waals surface area (Å²) < 4.78 is 0. The van der Waals surface area contributed by atoms with Crippen molar-refractivity contribution in [3.05, 3.63) is 0 Å². The maximum Gasteiger partial charge on any atom is 0.233 e. The van der Waals surface area contributed by atoms with Gasteiger partial charge in [0.1, 0.15) is 0 Å². The third-order valence-corrected chi connectivity index (χ3v) is 3.76. The van der Waals surface area contributed by atoms with Crippen LogP contribution in [-0.4, -0.2) is 22.3 Å². The summed E-state index contributed by atoms with van der Waals surface area (Å²) in [6.45, 7) is 16.5. The van der Waals surface area contributed by atoms with Crippen LogP contribution in [0.1, 0.15) is 68.2 Å². The van der Waals surface area contributed by atoms with Gasteiger partial charge in [0.05, 0.1) is 5.92 Å². The standard InChI is InChI=1S/C16H29NO2/c1-14(2,3)10-16(7,8)17-12(18)9-11(13(17)19)15(4,5)6/h11H,9-10H2,1-8H3. The fourth-order valence-electron chi connectivity index (χ4n) is 3.32. The van der Waals surface area contributed by atoms with Gasteiger partial charge in [0.2, 0.25) is 11.8 Å². The van der Waals surface area contributed by atoms with Crippen molar-refractivity contribution in [3.8, 4) is 0 Å². The average Bonchev–Trinajstić information content (AvgIpc) is 2.36. The van der Waals surface area contributed by atoms with E-state index >= 15 is 0 Å². The predicted octanol–water partition coefficient (Wildman–Crippen LogP) is 3.62. The van der Waals surface area contributed by atoms with E-state index in [1.165, 1.54) is 4.90 Å². The highest BCUT2D eigenvalue weighted by Gasteiger charge is 2.50. The molecule has 1 aliphatic heterocycles. The Kier molecular flexibility index (Phi) is 3.92. The lowest BCUT2D eigenvalue weighted by Gasteiger charge is -2.39. The highest BCUT2D eigenvalue weighted by molar-refractivity contribution is 6.04. The van der Waals surface area contributed by atoms with Crippen LogP contribution >= 0.6 is 0 Å². The van der Waals surface area contributed by atoms with E-state index < -0.39 is 5.54 Å². The number of amides is 2. The monoisotopic (exact) mass is 267 g/mol. The zero-order valence-corrected chi connectivity index (χ0v) is 13.8. The van der Waals surface area contributed by atoms with E-state index in [0.717, 1.165) is 6.42 Å². The molecule has 3 heteroatoms. The Balaban J connectivity index is 3.02. The molecule has 2 amide bonds. The van der Waals surface area contributed by atoms with Crippen molar-refractivity contribution in [1.82, 2.24) is 4.90 Å². The Bertz CT molecular complexity index is 383. The second-order valence-corrected chi connectivity index (χ2v) is 8.74. The number of rotatable bonds is 2. The Morgan fingerprint density at radius 3 is 1.79 bits per heavy atom. The molecule has 1 atom stereocenters. The number of carbonyl (C=O) groups excluding carboxylic acids is 2. The Morgan fingerprint density at radius 2 is 1.47 bits per heavy atom. The van der Waals surface area contributed by atoms with Crippen LogP contribution in [0.25, 0.3) is 0 Å². The summed E-state index contributed by atoms with van der Waals surface area (Å²) in [5, 5.41) is 0. The zero-order valence-electron chi connectivity index (χ0n) is 13.8. The quantitative estimate of drug-likeness (QED) is 0.717. The summed E-state index contributed by atoms with van der Waals surface area (Å²) in [5.41, 5.74) is -0.477. The maximum atomic E-state index is 12.6. The van der Waals surface area contributed by atoms with Gasteiger partial charge in [0.15, 0.2) is 0 Å². The molecule has 19 heavy (non-hydrogen) atoms. The number of hydrogen-bond acceptors (Lipinski definition) is 2. The molecule has 1 saturated heterocycles. The van der Waals surface area contributed by atoms with Gasteiger partial charge in [-0.25, -0.2) is 0 Å². The SMILES string of the molecule is CC(C)(C)CC(C)(C)N1C(=O)CC(C(C)(C)C)C1=O. The molecule has 0 aromatic heterocycles. The van der Waals surface area contributed by atoms with Crippen molar-refractivity contribution in [3.63, 3.8) is 0 Å². The van der Waals surface area contributed by atoms with E-state index in [4.69, 9.17) is 0 Å². The molecular weight excluding hydrogens is 238 g/mol. The number of hydrogen-bond donors (Lipinski definition) is 0. The molecule has 1 fully saturated rings. The summed E-state index contributed by atoms with van der Waals surface area (Å²) in [5.74, 6) is -0.190. The topological polar surface area (TPSA) is 37.4 Å². The third kappa shape index (κ3) is 3.58. The van der Waals surface area contributed by atoms with Crippen molar-refractivity contribution in [1.29, 1.82) is 0 Å². The summed E-state index contributed by atoms with van der Waals surface area (Å²) in [4.78, 5) is 26.4. The highest BCUT2D eigenvalue weighted by Crippen LogP contribution is 2.41. The van der Waals surface area contributed by atoms with Crippen LogP contribution in [0.15, 0.2) is 0 Å². The number of imide groups is 1. The van der Waals surface area contributed by atoms with Crippen LogP contribution in [0.5, 0.6) is 0 Å². The lowest BCUT2D eigenvalue weighted by Crippen LogP contribution is -2.50. The summed E-state index contributed by atoms with van der Waals surface area (Å²) in [6.07, 6.45) is 1.17. The molecule has 0 aromatic carbocycles. The van der Waals surface area contributed by atoms with Gasteiger partial charge in [-0.05, 0) is 31.1 Å². The van der Waals surface area contributed by atoms with Crippen molar-refractivity contribution in [2.45, 2.75) is 73.8 Å². The molecule has 0 radical (unpaired) electrons. The smallest absolute Gasteiger partial charge is 0.233 e. The van der Waals surface area contributed by atoms with Crippen molar-refractivity contribution in [2.75, 3.05) is 0 Å². The minimum Gasteiger partial charge on any atom is -0.277 e. The minimum absolute atomic E-state index is 0.00625. The number of nitrogens with zero attached hydrogens (tertiary/aromatic N) is 1. The third-order valence-electron chi connectivity index (χ3n) is 3.76. The molecule has 0 aromatic rings. The van der Waals surface area contributed by atoms with Gasteiger partial charge in [-0.3, -0.25) is 14.5 Å². The minimum atomic E-state index is -0.410. The molecule has 1 heterocycles. The Hall–Kier alpha value is -0.860. The molecular formula is C16H29NO2. The molecule has 110 valence electrons. The second kappa shape index (κ2) is 4.60. The van der Waals surface area contributed by atoms with Gasteiger partial charge in [0.25, 0.3) is 0 Å². The maximum absolute atomic E-state index is 12.6. The molecule has 0 aliphatic carbocycles. The normalized spacial score (nSPS) is 22.3. The van der Waals surface area contributed by atoms with Crippen LogP contribution in [0.4, 0.5) is 0 Å². The lowest BCUT2D eigenvalue weighted by molar-refractivity contribution is -0.147. The van der Waals surface area contributed by atoms with E-state index in [1.807, 2.05) is 34.6 Å². The van der Waals surface area contributed by atoms with Gasteiger partial charge in [-0.2, -0.15) is 0 Å². The van der Waals surface area contributed by atoms with Crippen LogP contribution in [0, 0.1) is 16.7 Å². The van der Waals surface area contributed by atoms with E-state index in [9.17, 15) is 9.59 Å². The molecule has 0 N–H and O–H groups in total. The largest absolute Gasteiger partial charge is 0.277 e.